The summed E-state index contributed by atoms with van der Waals surface area (Å²) in [5, 5.41) is 17.6. The number of nitriles is 2. The maximum atomic E-state index is 11.8. The van der Waals surface area contributed by atoms with E-state index >= 15 is 0 Å². The van der Waals surface area contributed by atoms with Gasteiger partial charge in [0.2, 0.25) is 0 Å². The summed E-state index contributed by atoms with van der Waals surface area (Å²) >= 11 is 0. The van der Waals surface area contributed by atoms with Gasteiger partial charge in [0.1, 0.15) is 29.2 Å². The van der Waals surface area contributed by atoms with Gasteiger partial charge < -0.3 is 14.2 Å². The highest BCUT2D eigenvalue weighted by Gasteiger charge is 2.18. The molecule has 0 aromatic heterocycles. The van der Waals surface area contributed by atoms with Gasteiger partial charge in [-0.15, -0.1) is 0 Å². The fourth-order valence-electron chi connectivity index (χ4n) is 1.55. The van der Waals surface area contributed by atoms with Gasteiger partial charge in [-0.05, 0) is 12.1 Å². The Morgan fingerprint density at radius 2 is 1.80 bits per heavy atom. The van der Waals surface area contributed by atoms with Gasteiger partial charge in [0.15, 0.2) is 0 Å². The third-order valence-electron chi connectivity index (χ3n) is 2.51. The van der Waals surface area contributed by atoms with E-state index in [1.54, 1.807) is 18.2 Å². The molecule has 6 heteroatoms. The molecule has 6 nitrogen and oxygen atoms in total. The van der Waals surface area contributed by atoms with Crippen LogP contribution in [0.15, 0.2) is 17.7 Å². The van der Waals surface area contributed by atoms with Crippen molar-refractivity contribution in [3.8, 4) is 23.6 Å². The van der Waals surface area contributed by atoms with Crippen LogP contribution in [0, 0.1) is 22.7 Å². The number of carbonyl (C=O) groups is 1. The Bertz CT molecular complexity index is 620. The van der Waals surface area contributed by atoms with E-state index in [0.29, 0.717) is 17.1 Å². The topological polar surface area (TPSA) is 92.3 Å². The second-order valence-corrected chi connectivity index (χ2v) is 3.56. The maximum Gasteiger partial charge on any atom is 0.338 e. The molecule has 0 aliphatic carbocycles. The van der Waals surface area contributed by atoms with Crippen LogP contribution in [0.4, 0.5) is 0 Å². The van der Waals surface area contributed by atoms with Crippen LogP contribution in [0.5, 0.6) is 11.5 Å². The molecule has 0 spiro atoms. The van der Waals surface area contributed by atoms with Gasteiger partial charge >= 0.3 is 5.97 Å². The van der Waals surface area contributed by atoms with Crippen LogP contribution >= 0.6 is 0 Å². The van der Waals surface area contributed by atoms with E-state index in [-0.39, 0.29) is 11.1 Å². The van der Waals surface area contributed by atoms with Gasteiger partial charge in [-0.2, -0.15) is 10.5 Å². The minimum atomic E-state index is -0.622. The first-order valence-electron chi connectivity index (χ1n) is 5.47. The minimum absolute atomic E-state index is 0.145. The van der Waals surface area contributed by atoms with Gasteiger partial charge in [0, 0.05) is 11.6 Å². The molecular formula is C14H12N2O4. The van der Waals surface area contributed by atoms with Crippen LogP contribution in [0.1, 0.15) is 15.9 Å². The van der Waals surface area contributed by atoms with Crippen LogP contribution < -0.4 is 9.47 Å². The maximum absolute atomic E-state index is 11.8. The molecule has 0 aliphatic rings. The van der Waals surface area contributed by atoms with Crippen molar-refractivity contribution in [3.63, 3.8) is 0 Å². The molecule has 0 bridgehead atoms. The van der Waals surface area contributed by atoms with Crippen molar-refractivity contribution in [2.75, 3.05) is 21.3 Å². The molecule has 0 saturated carbocycles. The molecule has 0 fully saturated rings. The second kappa shape index (κ2) is 6.81. The summed E-state index contributed by atoms with van der Waals surface area (Å²) in [6.07, 6.45) is 1.27. The molecule has 1 aromatic rings. The van der Waals surface area contributed by atoms with Crippen LogP contribution in [-0.2, 0) is 4.74 Å². The third-order valence-corrected chi connectivity index (χ3v) is 2.51. The summed E-state index contributed by atoms with van der Waals surface area (Å²) in [5.74, 6) is 0.0753. The predicted octanol–water partition coefficient (Wildman–Crippen LogP) is 1.92. The minimum Gasteiger partial charge on any atom is -0.497 e. The van der Waals surface area contributed by atoms with Crippen molar-refractivity contribution in [1.82, 2.24) is 0 Å². The highest BCUT2D eigenvalue weighted by atomic mass is 16.5. The summed E-state index contributed by atoms with van der Waals surface area (Å²) in [6.45, 7) is 0. The van der Waals surface area contributed by atoms with Crippen LogP contribution in [0.3, 0.4) is 0 Å². The normalized spacial score (nSPS) is 8.85. The molecule has 0 radical (unpaired) electrons. The third kappa shape index (κ3) is 3.06. The lowest BCUT2D eigenvalue weighted by molar-refractivity contribution is 0.0599. The lowest BCUT2D eigenvalue weighted by Crippen LogP contribution is -2.06. The first-order valence-corrected chi connectivity index (χ1v) is 5.47. The lowest BCUT2D eigenvalue weighted by atomic mass is 10.0. The molecular weight excluding hydrogens is 260 g/mol. The molecule has 0 aliphatic heterocycles. The summed E-state index contributed by atoms with van der Waals surface area (Å²) in [5.41, 5.74) is 0.281. The zero-order valence-corrected chi connectivity index (χ0v) is 11.3. The monoisotopic (exact) mass is 272 g/mol. The zero-order chi connectivity index (χ0) is 15.1. The summed E-state index contributed by atoms with van der Waals surface area (Å²) < 4.78 is 14.9. The van der Waals surface area contributed by atoms with Gasteiger partial charge in [0.05, 0.1) is 26.9 Å². The van der Waals surface area contributed by atoms with Gasteiger partial charge in [-0.3, -0.25) is 0 Å². The van der Waals surface area contributed by atoms with E-state index in [2.05, 4.69) is 4.74 Å². The van der Waals surface area contributed by atoms with E-state index in [0.717, 1.165) is 0 Å². The van der Waals surface area contributed by atoms with E-state index in [4.69, 9.17) is 20.0 Å². The highest BCUT2D eigenvalue weighted by molar-refractivity contribution is 5.96. The first-order chi connectivity index (χ1) is 9.60. The molecule has 0 amide bonds. The number of benzene rings is 1. The van der Waals surface area contributed by atoms with Crippen molar-refractivity contribution in [2.24, 2.45) is 0 Å². The number of esters is 1. The average Bonchev–Trinajstić information content (AvgIpc) is 2.51. The number of methoxy groups -OCH3 is 3. The smallest absolute Gasteiger partial charge is 0.338 e. The first kappa shape index (κ1) is 15.1. The number of allylic oxidation sites excluding steroid dienone is 1. The molecule has 1 rings (SSSR count). The highest BCUT2D eigenvalue weighted by Crippen LogP contribution is 2.31. The molecule has 102 valence electrons. The quantitative estimate of drug-likeness (QED) is 0.614. The van der Waals surface area contributed by atoms with E-state index < -0.39 is 5.97 Å². The molecule has 0 heterocycles. The number of rotatable bonds is 4. The Balaban J connectivity index is 3.62. The number of ether oxygens (including phenoxy) is 3. The number of carbonyl (C=O) groups excluding carboxylic acids is 1. The Hall–Kier alpha value is -2.99. The van der Waals surface area contributed by atoms with Crippen LogP contribution in [-0.4, -0.2) is 27.3 Å². The van der Waals surface area contributed by atoms with Crippen molar-refractivity contribution >= 4 is 12.0 Å². The van der Waals surface area contributed by atoms with E-state index in [9.17, 15) is 4.79 Å². The van der Waals surface area contributed by atoms with E-state index in [1.165, 1.54) is 33.5 Å². The Kier molecular flexibility index (Phi) is 5.13. The van der Waals surface area contributed by atoms with Crippen LogP contribution in [0.2, 0.25) is 0 Å². The van der Waals surface area contributed by atoms with Crippen molar-refractivity contribution in [2.45, 2.75) is 0 Å². The molecule has 1 aromatic carbocycles. The predicted molar refractivity (Wildman–Crippen MR) is 70.1 cm³/mol. The van der Waals surface area contributed by atoms with Crippen LogP contribution in [0.25, 0.3) is 6.08 Å². The summed E-state index contributed by atoms with van der Waals surface area (Å²) in [7, 11) is 4.09. The molecule has 0 N–H and O–H groups in total. The molecule has 20 heavy (non-hydrogen) atoms. The summed E-state index contributed by atoms with van der Waals surface area (Å²) in [4.78, 5) is 11.8. The fraction of sp³-hybridized carbons (Fsp3) is 0.214. The van der Waals surface area contributed by atoms with E-state index in [1.807, 2.05) is 0 Å². The molecule has 0 saturated heterocycles. The number of hydrogen-bond donors (Lipinski definition) is 0. The largest absolute Gasteiger partial charge is 0.497 e. The van der Waals surface area contributed by atoms with Gasteiger partial charge in [-0.1, -0.05) is 0 Å². The van der Waals surface area contributed by atoms with Crippen molar-refractivity contribution in [3.05, 3.63) is 28.8 Å². The van der Waals surface area contributed by atoms with Gasteiger partial charge in [0.25, 0.3) is 0 Å². The van der Waals surface area contributed by atoms with Gasteiger partial charge in [-0.25, -0.2) is 4.79 Å². The zero-order valence-electron chi connectivity index (χ0n) is 11.3. The SMILES string of the molecule is COC(=O)c1cc(OC)cc(OC)c1C=C(C#N)C#N. The summed E-state index contributed by atoms with van der Waals surface area (Å²) in [6, 6.07) is 6.45. The standard InChI is InChI=1S/C14H12N2O4/c1-18-10-5-12(14(17)20-3)11(13(6-10)19-2)4-9(7-15)8-16/h4-6H,1-3H3. The molecule has 0 atom stereocenters. The number of nitrogens with zero attached hydrogens (tertiary/aromatic N) is 2. The number of hydrogen-bond acceptors (Lipinski definition) is 6. The van der Waals surface area contributed by atoms with Crippen molar-refractivity contribution < 1.29 is 19.0 Å². The average molecular weight is 272 g/mol. The lowest BCUT2D eigenvalue weighted by Gasteiger charge is -2.12. The molecule has 0 unspecified atom stereocenters. The Labute approximate surface area is 116 Å². The Morgan fingerprint density at radius 3 is 2.25 bits per heavy atom. The fourth-order valence-corrected chi connectivity index (χ4v) is 1.55. The second-order valence-electron chi connectivity index (χ2n) is 3.56. The van der Waals surface area contributed by atoms with Crippen molar-refractivity contribution in [1.29, 1.82) is 10.5 Å². The Morgan fingerprint density at radius 1 is 1.15 bits per heavy atom.